The number of primary amides is 1. The molecule has 0 bridgehead atoms. The van der Waals surface area contributed by atoms with E-state index in [4.69, 9.17) is 16.2 Å². The monoisotopic (exact) mass is 451 g/mol. The average Bonchev–Trinajstić information content (AvgIpc) is 3.09. The molecular weight excluding hydrogens is 421 g/mol. The minimum atomic E-state index is -0.670. The molecule has 0 aromatic rings. The Morgan fingerprint density at radius 3 is 2.91 bits per heavy atom. The molecule has 1 unspecified atom stereocenters. The fraction of sp³-hybridized carbons (Fsp3) is 0.320. The van der Waals surface area contributed by atoms with Gasteiger partial charge in [0, 0.05) is 26.1 Å². The van der Waals surface area contributed by atoms with Crippen LogP contribution in [0.3, 0.4) is 0 Å². The Hall–Kier alpha value is -3.52. The molecule has 8 heteroatoms. The number of rotatable bonds is 8. The first-order valence-electron chi connectivity index (χ1n) is 10.8. The number of hydrazone groups is 1. The zero-order valence-corrected chi connectivity index (χ0v) is 19.0. The topological polar surface area (TPSA) is 106 Å². The van der Waals surface area contributed by atoms with Gasteiger partial charge in [0.15, 0.2) is 0 Å². The predicted molar refractivity (Wildman–Crippen MR) is 130 cm³/mol. The summed E-state index contributed by atoms with van der Waals surface area (Å²) in [5.41, 5.74) is 15.5. The maximum Gasteiger partial charge on any atom is 0.217 e. The van der Waals surface area contributed by atoms with Crippen molar-refractivity contribution < 1.29 is 13.9 Å². The van der Waals surface area contributed by atoms with E-state index in [1.807, 2.05) is 37.4 Å². The van der Waals surface area contributed by atoms with Crippen molar-refractivity contribution in [3.05, 3.63) is 82.0 Å². The van der Waals surface area contributed by atoms with Gasteiger partial charge >= 0.3 is 0 Å². The van der Waals surface area contributed by atoms with Crippen LogP contribution in [0.1, 0.15) is 19.3 Å². The minimum Gasteiger partial charge on any atom is -0.499 e. The van der Waals surface area contributed by atoms with E-state index in [0.717, 1.165) is 22.3 Å². The van der Waals surface area contributed by atoms with Gasteiger partial charge in [0.1, 0.15) is 11.6 Å². The molecule has 0 saturated carbocycles. The van der Waals surface area contributed by atoms with Crippen molar-refractivity contribution in [1.82, 2.24) is 5.01 Å². The molecular formula is C25H30FN5O2. The minimum absolute atomic E-state index is 0.212. The van der Waals surface area contributed by atoms with Gasteiger partial charge in [-0.15, -0.1) is 0 Å². The zero-order valence-electron chi connectivity index (χ0n) is 19.0. The number of ether oxygens (including phenoxy) is 1. The van der Waals surface area contributed by atoms with Crippen LogP contribution in [0.4, 0.5) is 4.39 Å². The maximum atomic E-state index is 15.2. The van der Waals surface area contributed by atoms with E-state index in [-0.39, 0.29) is 18.2 Å². The van der Waals surface area contributed by atoms with Crippen LogP contribution in [-0.4, -0.2) is 56.6 Å². The van der Waals surface area contributed by atoms with Gasteiger partial charge in [-0.3, -0.25) is 14.8 Å². The van der Waals surface area contributed by atoms with Gasteiger partial charge in [0.2, 0.25) is 5.91 Å². The highest BCUT2D eigenvalue weighted by molar-refractivity contribution is 5.88. The van der Waals surface area contributed by atoms with Gasteiger partial charge in [0.05, 0.1) is 32.5 Å². The summed E-state index contributed by atoms with van der Waals surface area (Å²) in [6.45, 7) is 1.04. The number of nitrogens with zero attached hydrogens (tertiary/aromatic N) is 3. The summed E-state index contributed by atoms with van der Waals surface area (Å²) in [7, 11) is 3.46. The molecule has 2 aliphatic heterocycles. The molecule has 1 aliphatic carbocycles. The average molecular weight is 452 g/mol. The molecule has 4 N–H and O–H groups in total. The third-order valence-electron chi connectivity index (χ3n) is 5.50. The summed E-state index contributed by atoms with van der Waals surface area (Å²) in [5, 5.41) is 6.15. The first kappa shape index (κ1) is 24.1. The van der Waals surface area contributed by atoms with Crippen LogP contribution in [0, 0.1) is 0 Å². The summed E-state index contributed by atoms with van der Waals surface area (Å²) in [5.74, 6) is -0.0597. The number of hydrogen-bond acceptors (Lipinski definition) is 6. The smallest absolute Gasteiger partial charge is 0.217 e. The summed E-state index contributed by atoms with van der Waals surface area (Å²) >= 11 is 0. The summed E-state index contributed by atoms with van der Waals surface area (Å²) in [6, 6.07) is -0.670. The van der Waals surface area contributed by atoms with Crippen molar-refractivity contribution >= 4 is 18.3 Å². The SMILES string of the molecule is COC1=C(CC2=CC=C(/C(=C\CCC(N)=O)C3=CCN(C)N=C3)C(N)C=C2F)C=CC=NC1. The number of hydrogen-bond donors (Lipinski definition) is 2. The number of aliphatic imine (C=N–C) groups is 1. The number of carbonyl (C=O) groups excluding carboxylic acids is 1. The molecule has 174 valence electrons. The van der Waals surface area contributed by atoms with Gasteiger partial charge in [0.25, 0.3) is 0 Å². The Morgan fingerprint density at radius 1 is 1.39 bits per heavy atom. The highest BCUT2D eigenvalue weighted by atomic mass is 19.1. The van der Waals surface area contributed by atoms with Crippen LogP contribution in [0.25, 0.3) is 0 Å². The largest absolute Gasteiger partial charge is 0.499 e. The van der Waals surface area contributed by atoms with Crippen LogP contribution in [0.2, 0.25) is 0 Å². The number of likely N-dealkylation sites (N-methyl/N-ethyl adjacent to an activating group) is 1. The van der Waals surface area contributed by atoms with E-state index >= 15 is 4.39 Å². The lowest BCUT2D eigenvalue weighted by molar-refractivity contribution is -0.117. The van der Waals surface area contributed by atoms with E-state index < -0.39 is 6.04 Å². The summed E-state index contributed by atoms with van der Waals surface area (Å²) < 4.78 is 20.6. The van der Waals surface area contributed by atoms with Crippen molar-refractivity contribution in [3.63, 3.8) is 0 Å². The zero-order chi connectivity index (χ0) is 23.8. The molecule has 0 spiro atoms. The molecule has 0 aromatic carbocycles. The highest BCUT2D eigenvalue weighted by Gasteiger charge is 2.21. The van der Waals surface area contributed by atoms with Crippen LogP contribution < -0.4 is 11.5 Å². The lowest BCUT2D eigenvalue weighted by Crippen LogP contribution is -2.24. The Balaban J connectivity index is 1.96. The number of carbonyl (C=O) groups is 1. The van der Waals surface area contributed by atoms with Gasteiger partial charge in [-0.1, -0.05) is 30.4 Å². The number of allylic oxidation sites excluding steroid dienone is 9. The van der Waals surface area contributed by atoms with Crippen molar-refractivity contribution in [1.29, 1.82) is 0 Å². The second-order valence-electron chi connectivity index (χ2n) is 7.90. The van der Waals surface area contributed by atoms with Gasteiger partial charge < -0.3 is 16.2 Å². The van der Waals surface area contributed by atoms with Crippen molar-refractivity contribution in [3.8, 4) is 0 Å². The molecule has 7 nitrogen and oxygen atoms in total. The predicted octanol–water partition coefficient (Wildman–Crippen LogP) is 3.01. The standard InChI is InChI=1S/C25H30FN5O2/c1-31-12-10-19(15-30-31)20(6-3-7-25(28)32)21-9-8-17(22(26)14-23(21)27)13-18-5-4-11-29-16-24(18)33-2/h4-6,8-11,14-15,23H,3,7,12-13,16,27H2,1-2H3,(H2,28,32)/b20-6-. The van der Waals surface area contributed by atoms with Crippen LogP contribution >= 0.6 is 0 Å². The van der Waals surface area contributed by atoms with E-state index in [2.05, 4.69) is 10.1 Å². The van der Waals surface area contributed by atoms with Crippen molar-refractivity contribution in [2.75, 3.05) is 27.2 Å². The van der Waals surface area contributed by atoms with E-state index in [1.54, 1.807) is 30.6 Å². The van der Waals surface area contributed by atoms with Gasteiger partial charge in [-0.25, -0.2) is 4.39 Å². The molecule has 0 aromatic heterocycles. The fourth-order valence-corrected chi connectivity index (χ4v) is 3.69. The molecule has 1 amide bonds. The lowest BCUT2D eigenvalue weighted by atomic mass is 9.91. The van der Waals surface area contributed by atoms with Gasteiger partial charge in [-0.2, -0.15) is 5.10 Å². The molecule has 33 heavy (non-hydrogen) atoms. The quantitative estimate of drug-likeness (QED) is 0.592. The normalized spacial score (nSPS) is 21.2. The van der Waals surface area contributed by atoms with Crippen LogP contribution in [0.15, 0.2) is 92.1 Å². The van der Waals surface area contributed by atoms with Crippen molar-refractivity contribution in [2.45, 2.75) is 25.3 Å². The first-order chi connectivity index (χ1) is 15.9. The van der Waals surface area contributed by atoms with Crippen LogP contribution in [-0.2, 0) is 9.53 Å². The third-order valence-corrected chi connectivity index (χ3v) is 5.50. The molecule has 3 aliphatic rings. The molecule has 1 atom stereocenters. The van der Waals surface area contributed by atoms with E-state index in [1.165, 1.54) is 6.08 Å². The Kier molecular flexibility index (Phi) is 8.32. The van der Waals surface area contributed by atoms with Crippen molar-refractivity contribution in [2.24, 2.45) is 21.6 Å². The Labute approximate surface area is 193 Å². The fourth-order valence-electron chi connectivity index (χ4n) is 3.69. The number of halogens is 1. The molecule has 2 heterocycles. The number of nitrogens with two attached hydrogens (primary N) is 2. The summed E-state index contributed by atoms with van der Waals surface area (Å²) in [6.07, 6.45) is 17.1. The van der Waals surface area contributed by atoms with Crippen LogP contribution in [0.5, 0.6) is 0 Å². The molecule has 0 fully saturated rings. The lowest BCUT2D eigenvalue weighted by Gasteiger charge is -2.21. The first-order valence-corrected chi connectivity index (χ1v) is 10.8. The molecule has 3 rings (SSSR count). The number of methoxy groups -OCH3 is 1. The summed E-state index contributed by atoms with van der Waals surface area (Å²) in [4.78, 5) is 15.5. The molecule has 0 saturated heterocycles. The van der Waals surface area contributed by atoms with E-state index in [9.17, 15) is 4.79 Å². The van der Waals surface area contributed by atoms with E-state index in [0.29, 0.717) is 37.3 Å². The second-order valence-corrected chi connectivity index (χ2v) is 7.90. The molecule has 0 radical (unpaired) electrons. The van der Waals surface area contributed by atoms with Gasteiger partial charge in [-0.05, 0) is 46.4 Å². The Morgan fingerprint density at radius 2 is 2.21 bits per heavy atom. The second kappa shape index (κ2) is 11.4. The third kappa shape index (κ3) is 6.49. The maximum absolute atomic E-state index is 15.2. The Bertz CT molecular complexity index is 1060. The highest BCUT2D eigenvalue weighted by Crippen LogP contribution is 2.31. The number of amides is 1.